The van der Waals surface area contributed by atoms with Gasteiger partial charge in [0, 0.05) is 24.2 Å². The van der Waals surface area contributed by atoms with Gasteiger partial charge in [-0.05, 0) is 37.6 Å². The molecule has 0 aromatic carbocycles. The summed E-state index contributed by atoms with van der Waals surface area (Å²) < 4.78 is 1.95. The van der Waals surface area contributed by atoms with Crippen molar-refractivity contribution in [1.29, 1.82) is 0 Å². The molecule has 0 saturated heterocycles. The number of imidazole rings is 1. The quantitative estimate of drug-likeness (QED) is 0.764. The molecule has 1 atom stereocenters. The van der Waals surface area contributed by atoms with Crippen LogP contribution in [-0.2, 0) is 0 Å². The van der Waals surface area contributed by atoms with E-state index in [1.54, 1.807) is 19.3 Å². The Morgan fingerprint density at radius 3 is 2.79 bits per heavy atom. The second kappa shape index (κ2) is 4.48. The van der Waals surface area contributed by atoms with E-state index in [9.17, 15) is 5.11 Å². The normalized spacial score (nSPS) is 12.8. The van der Waals surface area contributed by atoms with Crippen molar-refractivity contribution in [2.75, 3.05) is 0 Å². The molecule has 3 heterocycles. The Morgan fingerprint density at radius 2 is 2.11 bits per heavy atom. The number of aryl methyl sites for hydroxylation is 1. The molecule has 1 unspecified atom stereocenters. The van der Waals surface area contributed by atoms with Crippen LogP contribution in [0, 0.1) is 6.92 Å². The number of rotatable bonds is 2. The molecule has 0 spiro atoms. The van der Waals surface area contributed by atoms with Gasteiger partial charge in [-0.3, -0.25) is 4.98 Å². The van der Waals surface area contributed by atoms with Crippen molar-refractivity contribution < 1.29 is 5.11 Å². The molecule has 4 nitrogen and oxygen atoms in total. The molecule has 0 bridgehead atoms. The van der Waals surface area contributed by atoms with Gasteiger partial charge in [0.25, 0.3) is 0 Å². The molecule has 0 aliphatic rings. The minimum absolute atomic E-state index is 0.591. The Labute approximate surface area is 111 Å². The smallest absolute Gasteiger partial charge is 0.140 e. The van der Waals surface area contributed by atoms with Crippen LogP contribution >= 0.6 is 0 Å². The lowest BCUT2D eigenvalue weighted by Gasteiger charge is -2.07. The Bertz CT molecular complexity index is 717. The largest absolute Gasteiger partial charge is 0.387 e. The molecular formula is C15H15N3O. The van der Waals surface area contributed by atoms with Crippen molar-refractivity contribution in [3.05, 3.63) is 54.1 Å². The van der Waals surface area contributed by atoms with Crippen LogP contribution < -0.4 is 0 Å². The highest BCUT2D eigenvalue weighted by Gasteiger charge is 2.18. The van der Waals surface area contributed by atoms with Gasteiger partial charge < -0.3 is 9.51 Å². The maximum atomic E-state index is 10.1. The first-order valence-corrected chi connectivity index (χ1v) is 6.24. The zero-order valence-electron chi connectivity index (χ0n) is 10.9. The Hall–Kier alpha value is -2.20. The average molecular weight is 253 g/mol. The minimum atomic E-state index is -0.591. The Morgan fingerprint density at radius 1 is 1.26 bits per heavy atom. The van der Waals surface area contributed by atoms with Gasteiger partial charge in [0.1, 0.15) is 5.65 Å². The van der Waals surface area contributed by atoms with E-state index in [1.807, 2.05) is 41.8 Å². The molecule has 0 fully saturated rings. The zero-order valence-corrected chi connectivity index (χ0v) is 10.9. The summed E-state index contributed by atoms with van der Waals surface area (Å²) in [5, 5.41) is 10.1. The molecule has 0 saturated carbocycles. The van der Waals surface area contributed by atoms with Crippen LogP contribution in [0.1, 0.15) is 24.3 Å². The van der Waals surface area contributed by atoms with E-state index in [4.69, 9.17) is 0 Å². The van der Waals surface area contributed by atoms with Gasteiger partial charge in [-0.2, -0.15) is 0 Å². The standard InChI is InChI=1S/C15H15N3O/c1-10-5-4-8-18-14(11(2)19)13(17-15(10)18)12-6-3-7-16-9-12/h3-9,11,19H,1-2H3. The highest BCUT2D eigenvalue weighted by Crippen LogP contribution is 2.29. The van der Waals surface area contributed by atoms with Crippen LogP contribution in [0.5, 0.6) is 0 Å². The number of aliphatic hydroxyl groups excluding tert-OH is 1. The first-order valence-electron chi connectivity index (χ1n) is 6.24. The number of fused-ring (bicyclic) bond motifs is 1. The SMILES string of the molecule is Cc1cccn2c(C(C)O)c(-c3cccnc3)nc12. The summed E-state index contributed by atoms with van der Waals surface area (Å²) in [5.41, 5.74) is 4.46. The maximum absolute atomic E-state index is 10.1. The fraction of sp³-hybridized carbons (Fsp3) is 0.200. The molecular weight excluding hydrogens is 238 g/mol. The van der Waals surface area contributed by atoms with Gasteiger partial charge in [0.2, 0.25) is 0 Å². The Balaban J connectivity index is 2.36. The highest BCUT2D eigenvalue weighted by atomic mass is 16.3. The van der Waals surface area contributed by atoms with Crippen LogP contribution in [0.15, 0.2) is 42.9 Å². The Kier molecular flexibility index (Phi) is 2.80. The molecule has 3 aromatic heterocycles. The zero-order chi connectivity index (χ0) is 13.4. The van der Waals surface area contributed by atoms with E-state index in [0.29, 0.717) is 0 Å². The van der Waals surface area contributed by atoms with Gasteiger partial charge >= 0.3 is 0 Å². The fourth-order valence-corrected chi connectivity index (χ4v) is 2.34. The van der Waals surface area contributed by atoms with Crippen LogP contribution in [-0.4, -0.2) is 19.5 Å². The second-order valence-electron chi connectivity index (χ2n) is 4.65. The predicted molar refractivity (Wildman–Crippen MR) is 73.8 cm³/mol. The topological polar surface area (TPSA) is 50.4 Å². The second-order valence-corrected chi connectivity index (χ2v) is 4.65. The van der Waals surface area contributed by atoms with Gasteiger partial charge in [-0.25, -0.2) is 4.98 Å². The molecule has 19 heavy (non-hydrogen) atoms. The summed E-state index contributed by atoms with van der Waals surface area (Å²) in [6.07, 6.45) is 4.83. The maximum Gasteiger partial charge on any atom is 0.140 e. The monoisotopic (exact) mass is 253 g/mol. The lowest BCUT2D eigenvalue weighted by Crippen LogP contribution is -1.99. The van der Waals surface area contributed by atoms with Crippen molar-refractivity contribution in [1.82, 2.24) is 14.4 Å². The number of nitrogens with zero attached hydrogens (tertiary/aromatic N) is 3. The number of pyridine rings is 2. The van der Waals surface area contributed by atoms with E-state index in [1.165, 1.54) is 0 Å². The van der Waals surface area contributed by atoms with Crippen molar-refractivity contribution >= 4 is 5.65 Å². The van der Waals surface area contributed by atoms with Gasteiger partial charge in [0.15, 0.2) is 0 Å². The van der Waals surface area contributed by atoms with Gasteiger partial charge in [0.05, 0.1) is 17.5 Å². The molecule has 3 rings (SSSR count). The van der Waals surface area contributed by atoms with Gasteiger partial charge in [-0.1, -0.05) is 6.07 Å². The van der Waals surface area contributed by atoms with Crippen LogP contribution in [0.2, 0.25) is 0 Å². The van der Waals surface area contributed by atoms with E-state index in [0.717, 1.165) is 28.2 Å². The first-order chi connectivity index (χ1) is 9.18. The molecule has 1 N–H and O–H groups in total. The number of hydrogen-bond donors (Lipinski definition) is 1. The number of hydrogen-bond acceptors (Lipinski definition) is 3. The summed E-state index contributed by atoms with van der Waals surface area (Å²) in [4.78, 5) is 8.79. The molecule has 3 aromatic rings. The summed E-state index contributed by atoms with van der Waals surface area (Å²) in [6, 6.07) is 7.80. The minimum Gasteiger partial charge on any atom is -0.387 e. The van der Waals surface area contributed by atoms with E-state index in [2.05, 4.69) is 9.97 Å². The average Bonchev–Trinajstić information content (AvgIpc) is 2.81. The van der Waals surface area contributed by atoms with E-state index in [-0.39, 0.29) is 0 Å². The van der Waals surface area contributed by atoms with E-state index < -0.39 is 6.10 Å². The van der Waals surface area contributed by atoms with Crippen molar-refractivity contribution in [2.45, 2.75) is 20.0 Å². The molecule has 0 aliphatic heterocycles. The molecule has 96 valence electrons. The third-order valence-electron chi connectivity index (χ3n) is 3.21. The lowest BCUT2D eigenvalue weighted by molar-refractivity contribution is 0.194. The summed E-state index contributed by atoms with van der Waals surface area (Å²) in [7, 11) is 0. The predicted octanol–water partition coefficient (Wildman–Crippen LogP) is 2.76. The van der Waals surface area contributed by atoms with Gasteiger partial charge in [-0.15, -0.1) is 0 Å². The van der Waals surface area contributed by atoms with Crippen molar-refractivity contribution in [3.63, 3.8) is 0 Å². The number of aromatic nitrogens is 3. The van der Waals surface area contributed by atoms with E-state index >= 15 is 0 Å². The van der Waals surface area contributed by atoms with Crippen molar-refractivity contribution in [2.24, 2.45) is 0 Å². The number of aliphatic hydroxyl groups is 1. The van der Waals surface area contributed by atoms with Crippen LogP contribution in [0.4, 0.5) is 0 Å². The molecule has 4 heteroatoms. The lowest BCUT2D eigenvalue weighted by atomic mass is 10.1. The third-order valence-corrected chi connectivity index (χ3v) is 3.21. The van der Waals surface area contributed by atoms with Crippen LogP contribution in [0.3, 0.4) is 0 Å². The van der Waals surface area contributed by atoms with Crippen molar-refractivity contribution in [3.8, 4) is 11.3 Å². The molecule has 0 amide bonds. The molecule has 0 radical (unpaired) electrons. The first kappa shape index (κ1) is 11.9. The summed E-state index contributed by atoms with van der Waals surface area (Å²) >= 11 is 0. The molecule has 0 aliphatic carbocycles. The fourth-order valence-electron chi connectivity index (χ4n) is 2.34. The highest BCUT2D eigenvalue weighted by molar-refractivity contribution is 5.67. The van der Waals surface area contributed by atoms with Crippen LogP contribution in [0.25, 0.3) is 16.9 Å². The third kappa shape index (κ3) is 1.90. The summed E-state index contributed by atoms with van der Waals surface area (Å²) in [5.74, 6) is 0. The summed E-state index contributed by atoms with van der Waals surface area (Å²) in [6.45, 7) is 3.77.